The molecule has 0 amide bonds. The lowest BCUT2D eigenvalue weighted by Crippen LogP contribution is -2.06. The predicted molar refractivity (Wildman–Crippen MR) is 74.9 cm³/mol. The minimum atomic E-state index is 0.662. The SMILES string of the molecule is CCCOc1cccc(-c2cn(CCCN)nn2)c1. The fourth-order valence-electron chi connectivity index (χ4n) is 1.76. The first-order valence-electron chi connectivity index (χ1n) is 6.67. The largest absolute Gasteiger partial charge is 0.494 e. The smallest absolute Gasteiger partial charge is 0.119 e. The lowest BCUT2D eigenvalue weighted by molar-refractivity contribution is 0.317. The molecular formula is C14H20N4O. The molecule has 5 nitrogen and oxygen atoms in total. The fraction of sp³-hybridized carbons (Fsp3) is 0.429. The quantitative estimate of drug-likeness (QED) is 0.827. The third-order valence-electron chi connectivity index (χ3n) is 2.73. The Morgan fingerprint density at radius 2 is 2.26 bits per heavy atom. The maximum atomic E-state index is 5.62. The van der Waals surface area contributed by atoms with Gasteiger partial charge in [-0.25, -0.2) is 0 Å². The summed E-state index contributed by atoms with van der Waals surface area (Å²) in [5.74, 6) is 0.871. The van der Waals surface area contributed by atoms with Gasteiger partial charge in [-0.2, -0.15) is 0 Å². The van der Waals surface area contributed by atoms with Gasteiger partial charge in [0.05, 0.1) is 12.8 Å². The van der Waals surface area contributed by atoms with Crippen molar-refractivity contribution in [3.63, 3.8) is 0 Å². The first kappa shape index (κ1) is 13.5. The number of hydrogen-bond donors (Lipinski definition) is 1. The van der Waals surface area contributed by atoms with E-state index >= 15 is 0 Å². The Bertz CT molecular complexity index is 510. The second kappa shape index (κ2) is 6.89. The highest BCUT2D eigenvalue weighted by Crippen LogP contribution is 2.21. The van der Waals surface area contributed by atoms with Crippen molar-refractivity contribution in [3.05, 3.63) is 30.5 Å². The molecule has 0 aliphatic carbocycles. The lowest BCUT2D eigenvalue weighted by atomic mass is 10.1. The van der Waals surface area contributed by atoms with Gasteiger partial charge in [-0.05, 0) is 31.5 Å². The highest BCUT2D eigenvalue weighted by molar-refractivity contribution is 5.59. The van der Waals surface area contributed by atoms with Gasteiger partial charge in [0.2, 0.25) is 0 Å². The Morgan fingerprint density at radius 3 is 3.05 bits per heavy atom. The van der Waals surface area contributed by atoms with Gasteiger partial charge < -0.3 is 10.5 Å². The molecule has 1 heterocycles. The summed E-state index contributed by atoms with van der Waals surface area (Å²) in [6.07, 6.45) is 3.84. The molecule has 0 atom stereocenters. The van der Waals surface area contributed by atoms with Gasteiger partial charge in [-0.15, -0.1) is 5.10 Å². The first-order valence-corrected chi connectivity index (χ1v) is 6.67. The van der Waals surface area contributed by atoms with Gasteiger partial charge in [0.1, 0.15) is 11.4 Å². The minimum Gasteiger partial charge on any atom is -0.494 e. The average molecular weight is 260 g/mol. The van der Waals surface area contributed by atoms with Crippen LogP contribution in [0.5, 0.6) is 5.75 Å². The number of nitrogens with zero attached hydrogens (tertiary/aromatic N) is 3. The molecule has 1 aromatic carbocycles. The highest BCUT2D eigenvalue weighted by atomic mass is 16.5. The Morgan fingerprint density at radius 1 is 1.37 bits per heavy atom. The van der Waals surface area contributed by atoms with Crippen molar-refractivity contribution in [1.82, 2.24) is 15.0 Å². The number of rotatable bonds is 7. The zero-order valence-electron chi connectivity index (χ0n) is 11.2. The van der Waals surface area contributed by atoms with E-state index < -0.39 is 0 Å². The predicted octanol–water partition coefficient (Wildman–Crippen LogP) is 2.08. The summed E-state index contributed by atoms with van der Waals surface area (Å²) in [5.41, 5.74) is 7.36. The van der Waals surface area contributed by atoms with Crippen molar-refractivity contribution in [3.8, 4) is 17.0 Å². The molecule has 0 unspecified atom stereocenters. The first-order chi connectivity index (χ1) is 9.33. The minimum absolute atomic E-state index is 0.662. The number of nitrogens with two attached hydrogens (primary N) is 1. The van der Waals surface area contributed by atoms with Crippen molar-refractivity contribution < 1.29 is 4.74 Å². The van der Waals surface area contributed by atoms with E-state index in [2.05, 4.69) is 17.2 Å². The zero-order chi connectivity index (χ0) is 13.5. The molecule has 5 heteroatoms. The Labute approximate surface area is 113 Å². The Balaban J connectivity index is 2.10. The summed E-state index contributed by atoms with van der Waals surface area (Å²) in [6.45, 7) is 4.28. The molecular weight excluding hydrogens is 240 g/mol. The van der Waals surface area contributed by atoms with E-state index in [-0.39, 0.29) is 0 Å². The van der Waals surface area contributed by atoms with Crippen LogP contribution in [-0.4, -0.2) is 28.1 Å². The van der Waals surface area contributed by atoms with E-state index in [1.807, 2.05) is 35.1 Å². The van der Waals surface area contributed by atoms with Gasteiger partial charge in [0.25, 0.3) is 0 Å². The number of aromatic nitrogens is 3. The third kappa shape index (κ3) is 3.79. The molecule has 0 spiro atoms. The summed E-state index contributed by atoms with van der Waals surface area (Å²) >= 11 is 0. The number of benzene rings is 1. The van der Waals surface area contributed by atoms with E-state index in [0.29, 0.717) is 6.54 Å². The van der Waals surface area contributed by atoms with Gasteiger partial charge >= 0.3 is 0 Å². The van der Waals surface area contributed by atoms with Crippen LogP contribution in [0.15, 0.2) is 30.5 Å². The van der Waals surface area contributed by atoms with Crippen LogP contribution in [0.25, 0.3) is 11.3 Å². The van der Waals surface area contributed by atoms with E-state index in [0.717, 1.165) is 43.0 Å². The molecule has 0 radical (unpaired) electrons. The van der Waals surface area contributed by atoms with Crippen LogP contribution in [-0.2, 0) is 6.54 Å². The average Bonchev–Trinajstić information content (AvgIpc) is 2.92. The summed E-state index contributed by atoms with van der Waals surface area (Å²) in [4.78, 5) is 0. The number of hydrogen-bond acceptors (Lipinski definition) is 4. The van der Waals surface area contributed by atoms with E-state index in [9.17, 15) is 0 Å². The second-order valence-corrected chi connectivity index (χ2v) is 4.39. The zero-order valence-corrected chi connectivity index (χ0v) is 11.2. The van der Waals surface area contributed by atoms with Gasteiger partial charge in [0.15, 0.2) is 0 Å². The van der Waals surface area contributed by atoms with Crippen molar-refractivity contribution in [2.45, 2.75) is 26.3 Å². The molecule has 0 saturated carbocycles. The summed E-state index contributed by atoms with van der Waals surface area (Å²) in [5, 5.41) is 8.27. The third-order valence-corrected chi connectivity index (χ3v) is 2.73. The Kier molecular flexibility index (Phi) is 4.92. The van der Waals surface area contributed by atoms with Gasteiger partial charge in [0, 0.05) is 12.1 Å². The summed E-state index contributed by atoms with van der Waals surface area (Å²) < 4.78 is 7.44. The van der Waals surface area contributed by atoms with Crippen LogP contribution < -0.4 is 10.5 Å². The maximum absolute atomic E-state index is 5.62. The summed E-state index contributed by atoms with van der Waals surface area (Å²) in [6, 6.07) is 7.93. The van der Waals surface area contributed by atoms with Crippen LogP contribution in [0.4, 0.5) is 0 Å². The normalized spacial score (nSPS) is 10.6. The lowest BCUT2D eigenvalue weighted by Gasteiger charge is -2.05. The van der Waals surface area contributed by atoms with Gasteiger partial charge in [-0.1, -0.05) is 24.3 Å². The monoisotopic (exact) mass is 260 g/mol. The molecule has 102 valence electrons. The molecule has 0 aliphatic heterocycles. The van der Waals surface area contributed by atoms with Gasteiger partial charge in [-0.3, -0.25) is 4.68 Å². The number of aryl methyl sites for hydroxylation is 1. The molecule has 19 heavy (non-hydrogen) atoms. The van der Waals surface area contributed by atoms with Crippen LogP contribution >= 0.6 is 0 Å². The molecule has 2 rings (SSSR count). The van der Waals surface area contributed by atoms with Crippen molar-refractivity contribution in [2.24, 2.45) is 5.73 Å². The molecule has 2 N–H and O–H groups in total. The van der Waals surface area contributed by atoms with E-state index in [1.54, 1.807) is 0 Å². The molecule has 0 fully saturated rings. The Hall–Kier alpha value is -1.88. The standard InChI is InChI=1S/C14H20N4O/c1-2-9-19-13-6-3-5-12(10-13)14-11-18(17-16-14)8-4-7-15/h3,5-6,10-11H,2,4,7-9,15H2,1H3. The fourth-order valence-corrected chi connectivity index (χ4v) is 1.76. The van der Waals surface area contributed by atoms with E-state index in [1.165, 1.54) is 0 Å². The van der Waals surface area contributed by atoms with Crippen LogP contribution in [0.1, 0.15) is 19.8 Å². The second-order valence-electron chi connectivity index (χ2n) is 4.39. The maximum Gasteiger partial charge on any atom is 0.119 e. The van der Waals surface area contributed by atoms with E-state index in [4.69, 9.17) is 10.5 Å². The number of ether oxygens (including phenoxy) is 1. The van der Waals surface area contributed by atoms with Crippen molar-refractivity contribution in [2.75, 3.05) is 13.2 Å². The molecule has 1 aromatic heterocycles. The van der Waals surface area contributed by atoms with Crippen LogP contribution in [0, 0.1) is 0 Å². The molecule has 0 saturated heterocycles. The summed E-state index contributed by atoms with van der Waals surface area (Å²) in [7, 11) is 0. The topological polar surface area (TPSA) is 66.0 Å². The molecule has 2 aromatic rings. The van der Waals surface area contributed by atoms with Crippen LogP contribution in [0.3, 0.4) is 0 Å². The van der Waals surface area contributed by atoms with Crippen LogP contribution in [0.2, 0.25) is 0 Å². The van der Waals surface area contributed by atoms with Crippen molar-refractivity contribution >= 4 is 0 Å². The van der Waals surface area contributed by atoms with Crippen molar-refractivity contribution in [1.29, 1.82) is 0 Å². The molecule has 0 bridgehead atoms. The molecule has 0 aliphatic rings. The highest BCUT2D eigenvalue weighted by Gasteiger charge is 2.05.